The van der Waals surface area contributed by atoms with Gasteiger partial charge in [-0.2, -0.15) is 0 Å². The van der Waals surface area contributed by atoms with Gasteiger partial charge in [-0.15, -0.1) is 0 Å². The zero-order valence-electron chi connectivity index (χ0n) is 21.3. The minimum atomic E-state index is -0.601. The molecule has 0 fully saturated rings. The molecule has 0 radical (unpaired) electrons. The maximum atomic E-state index is 12.7. The predicted octanol–water partition coefficient (Wildman–Crippen LogP) is 6.28. The van der Waals surface area contributed by atoms with Crippen LogP contribution in [0.4, 0.5) is 4.79 Å². The van der Waals surface area contributed by atoms with Crippen molar-refractivity contribution in [1.82, 2.24) is 5.32 Å². The Bertz CT molecular complexity index is 1350. The molecule has 192 valence electrons. The molecule has 1 N–H and O–H groups in total. The lowest BCUT2D eigenvalue weighted by molar-refractivity contribution is -0.137. The van der Waals surface area contributed by atoms with Crippen molar-refractivity contribution in [2.75, 3.05) is 13.2 Å². The van der Waals surface area contributed by atoms with Gasteiger partial charge in [0.05, 0.1) is 6.54 Å². The molecule has 4 aromatic carbocycles. The third kappa shape index (κ3) is 7.68. The van der Waals surface area contributed by atoms with Gasteiger partial charge in [0.15, 0.2) is 0 Å². The Morgan fingerprint density at radius 3 is 1.76 bits per heavy atom. The van der Waals surface area contributed by atoms with Gasteiger partial charge in [-0.1, -0.05) is 104 Å². The molecule has 0 aliphatic rings. The van der Waals surface area contributed by atoms with Crippen molar-refractivity contribution in [2.45, 2.75) is 19.3 Å². The van der Waals surface area contributed by atoms with E-state index in [1.807, 2.05) is 66.7 Å². The van der Waals surface area contributed by atoms with E-state index in [9.17, 15) is 9.59 Å². The van der Waals surface area contributed by atoms with Gasteiger partial charge < -0.3 is 14.8 Å². The van der Waals surface area contributed by atoms with E-state index >= 15 is 0 Å². The van der Waals surface area contributed by atoms with Gasteiger partial charge in [0.2, 0.25) is 0 Å². The molecule has 0 bridgehead atoms. The molecule has 0 aromatic heterocycles. The number of amides is 1. The predicted molar refractivity (Wildman–Crippen MR) is 149 cm³/mol. The molecule has 0 aliphatic carbocycles. The number of carbonyl (C=O) groups excluding carboxylic acids is 2. The van der Waals surface area contributed by atoms with Gasteiger partial charge in [-0.3, -0.25) is 0 Å². The van der Waals surface area contributed by atoms with Crippen LogP contribution >= 0.6 is 0 Å². The van der Waals surface area contributed by atoms with Crippen molar-refractivity contribution in [3.05, 3.63) is 149 Å². The number of carbonyl (C=O) groups is 2. The summed E-state index contributed by atoms with van der Waals surface area (Å²) in [6.45, 7) is 3.53. The Morgan fingerprint density at radius 2 is 1.21 bits per heavy atom. The summed E-state index contributed by atoms with van der Waals surface area (Å²) in [5, 5.41) is 2.65. The third-order valence-corrected chi connectivity index (χ3v) is 6.16. The standard InChI is InChI=1S/C33H31NO4/c1-2-32(35)37-21-20-34-33(36)38-31-19-18-28(22-25-12-6-3-7-13-25)29(23-26-14-8-4-9-15-26)30(31)24-27-16-10-5-11-17-27/h2-19H,1,20-24H2,(H,34,36). The number of hydrogen-bond acceptors (Lipinski definition) is 4. The first-order valence-corrected chi connectivity index (χ1v) is 12.6. The van der Waals surface area contributed by atoms with Crippen LogP contribution in [0.3, 0.4) is 0 Å². The summed E-state index contributed by atoms with van der Waals surface area (Å²) in [5.74, 6) is -0.0259. The fourth-order valence-corrected chi connectivity index (χ4v) is 4.31. The van der Waals surface area contributed by atoms with Crippen LogP contribution in [0, 0.1) is 0 Å². The summed E-state index contributed by atoms with van der Waals surface area (Å²) < 4.78 is 10.7. The van der Waals surface area contributed by atoms with E-state index in [2.05, 4.69) is 48.3 Å². The summed E-state index contributed by atoms with van der Waals surface area (Å²) >= 11 is 0. The van der Waals surface area contributed by atoms with Crippen LogP contribution in [0.2, 0.25) is 0 Å². The zero-order chi connectivity index (χ0) is 26.6. The Morgan fingerprint density at radius 1 is 0.684 bits per heavy atom. The van der Waals surface area contributed by atoms with Crippen molar-refractivity contribution in [3.8, 4) is 5.75 Å². The topological polar surface area (TPSA) is 64.6 Å². The van der Waals surface area contributed by atoms with E-state index in [1.54, 1.807) is 0 Å². The van der Waals surface area contributed by atoms with Gasteiger partial charge >= 0.3 is 12.1 Å². The molecule has 5 heteroatoms. The zero-order valence-corrected chi connectivity index (χ0v) is 21.3. The van der Waals surface area contributed by atoms with Crippen LogP contribution in [-0.2, 0) is 28.8 Å². The van der Waals surface area contributed by atoms with Crippen molar-refractivity contribution in [2.24, 2.45) is 0 Å². The first-order valence-electron chi connectivity index (χ1n) is 12.6. The molecule has 0 saturated carbocycles. The maximum Gasteiger partial charge on any atom is 0.412 e. The van der Waals surface area contributed by atoms with Gasteiger partial charge in [0.25, 0.3) is 0 Å². The molecule has 1 amide bonds. The molecule has 0 saturated heterocycles. The normalized spacial score (nSPS) is 10.4. The smallest absolute Gasteiger partial charge is 0.412 e. The van der Waals surface area contributed by atoms with E-state index in [1.165, 1.54) is 16.7 Å². The number of hydrogen-bond donors (Lipinski definition) is 1. The lowest BCUT2D eigenvalue weighted by Gasteiger charge is -2.20. The Balaban J connectivity index is 1.67. The molecule has 0 atom stereocenters. The highest BCUT2D eigenvalue weighted by Crippen LogP contribution is 2.32. The second-order valence-corrected chi connectivity index (χ2v) is 8.85. The Labute approximate surface area is 223 Å². The van der Waals surface area contributed by atoms with E-state index < -0.39 is 12.1 Å². The highest BCUT2D eigenvalue weighted by atomic mass is 16.6. The fraction of sp³-hybridized carbons (Fsp3) is 0.152. The fourth-order valence-electron chi connectivity index (χ4n) is 4.31. The maximum absolute atomic E-state index is 12.7. The number of esters is 1. The van der Waals surface area contributed by atoms with Crippen LogP contribution in [0.25, 0.3) is 0 Å². The Kier molecular flexibility index (Phi) is 9.46. The number of benzene rings is 4. The molecule has 4 aromatic rings. The molecule has 0 heterocycles. The van der Waals surface area contributed by atoms with Crippen molar-refractivity contribution < 1.29 is 19.1 Å². The quantitative estimate of drug-likeness (QED) is 0.148. The molecule has 4 rings (SSSR count). The monoisotopic (exact) mass is 505 g/mol. The number of ether oxygens (including phenoxy) is 2. The minimum absolute atomic E-state index is 0.0338. The van der Waals surface area contributed by atoms with E-state index in [0.717, 1.165) is 29.2 Å². The molecule has 0 spiro atoms. The minimum Gasteiger partial charge on any atom is -0.461 e. The number of nitrogens with one attached hydrogen (secondary N) is 1. The molecule has 0 unspecified atom stereocenters. The van der Waals surface area contributed by atoms with Crippen LogP contribution in [0.5, 0.6) is 5.75 Å². The van der Waals surface area contributed by atoms with Crippen molar-refractivity contribution >= 4 is 12.1 Å². The summed E-state index contributed by atoms with van der Waals surface area (Å²) in [4.78, 5) is 23.9. The van der Waals surface area contributed by atoms with Crippen molar-refractivity contribution in [3.63, 3.8) is 0 Å². The third-order valence-electron chi connectivity index (χ3n) is 6.16. The van der Waals surface area contributed by atoms with E-state index in [-0.39, 0.29) is 13.2 Å². The van der Waals surface area contributed by atoms with Crippen LogP contribution < -0.4 is 10.1 Å². The van der Waals surface area contributed by atoms with Gasteiger partial charge in [-0.05, 0) is 46.7 Å². The highest BCUT2D eigenvalue weighted by Gasteiger charge is 2.18. The van der Waals surface area contributed by atoms with Gasteiger partial charge in [0.1, 0.15) is 12.4 Å². The summed E-state index contributed by atoms with van der Waals surface area (Å²) in [6.07, 6.45) is 2.58. The largest absolute Gasteiger partial charge is 0.461 e. The summed E-state index contributed by atoms with van der Waals surface area (Å²) in [5.41, 5.74) is 6.83. The molecule has 0 aliphatic heterocycles. The lowest BCUT2D eigenvalue weighted by atomic mass is 9.88. The number of rotatable bonds is 11. The van der Waals surface area contributed by atoms with Crippen LogP contribution in [0.15, 0.2) is 116 Å². The van der Waals surface area contributed by atoms with E-state index in [0.29, 0.717) is 18.6 Å². The summed E-state index contributed by atoms with van der Waals surface area (Å²) in [6, 6.07) is 34.8. The molecule has 5 nitrogen and oxygen atoms in total. The second-order valence-electron chi connectivity index (χ2n) is 8.85. The van der Waals surface area contributed by atoms with Gasteiger partial charge in [0, 0.05) is 18.1 Å². The van der Waals surface area contributed by atoms with Crippen molar-refractivity contribution in [1.29, 1.82) is 0 Å². The second kappa shape index (κ2) is 13.6. The first-order chi connectivity index (χ1) is 18.6. The summed E-state index contributed by atoms with van der Waals surface area (Å²) in [7, 11) is 0. The lowest BCUT2D eigenvalue weighted by Crippen LogP contribution is -2.30. The van der Waals surface area contributed by atoms with E-state index in [4.69, 9.17) is 9.47 Å². The average molecular weight is 506 g/mol. The van der Waals surface area contributed by atoms with Gasteiger partial charge in [-0.25, -0.2) is 9.59 Å². The SMILES string of the molecule is C=CC(=O)OCCNC(=O)Oc1ccc(Cc2ccccc2)c(Cc2ccccc2)c1Cc1ccccc1. The molecular formula is C33H31NO4. The average Bonchev–Trinajstić information content (AvgIpc) is 2.95. The first kappa shape index (κ1) is 26.4. The molecular weight excluding hydrogens is 474 g/mol. The van der Waals surface area contributed by atoms with Crippen LogP contribution in [0.1, 0.15) is 33.4 Å². The van der Waals surface area contributed by atoms with Crippen LogP contribution in [-0.4, -0.2) is 25.2 Å². The highest BCUT2D eigenvalue weighted by molar-refractivity contribution is 5.81. The molecule has 38 heavy (non-hydrogen) atoms. The Hall–Kier alpha value is -4.64.